The van der Waals surface area contributed by atoms with Crippen LogP contribution in [0.3, 0.4) is 0 Å². The lowest BCUT2D eigenvalue weighted by molar-refractivity contribution is 1.19. The zero-order chi connectivity index (χ0) is 13.9. The summed E-state index contributed by atoms with van der Waals surface area (Å²) in [6.07, 6.45) is 3.49. The van der Waals surface area contributed by atoms with E-state index in [4.69, 9.17) is 11.6 Å². The number of imidazole rings is 1. The smallest absolute Gasteiger partial charge is 0.107 e. The monoisotopic (exact) mass is 367 g/mol. The molecule has 3 nitrogen and oxygen atoms in total. The van der Waals surface area contributed by atoms with Crippen LogP contribution < -0.4 is 5.32 Å². The van der Waals surface area contributed by atoms with Crippen molar-refractivity contribution in [1.29, 1.82) is 0 Å². The number of nitrogens with zero attached hydrogens (tertiary/aromatic N) is 1. The summed E-state index contributed by atoms with van der Waals surface area (Å²) in [6.45, 7) is 0.763. The molecule has 0 aliphatic heterocycles. The minimum absolute atomic E-state index is 0.763. The van der Waals surface area contributed by atoms with E-state index in [2.05, 4.69) is 55.5 Å². The molecule has 1 aromatic carbocycles. The summed E-state index contributed by atoms with van der Waals surface area (Å²) in [6, 6.07) is 10.3. The van der Waals surface area contributed by atoms with Gasteiger partial charge in [0, 0.05) is 21.6 Å². The van der Waals surface area contributed by atoms with Gasteiger partial charge in [0.1, 0.15) is 4.34 Å². The number of benzene rings is 1. The van der Waals surface area contributed by atoms with E-state index in [1.165, 1.54) is 4.88 Å². The summed E-state index contributed by atoms with van der Waals surface area (Å²) in [5, 5.41) is 3.38. The van der Waals surface area contributed by atoms with Gasteiger partial charge in [-0.1, -0.05) is 23.7 Å². The average Bonchev–Trinajstić information content (AvgIpc) is 3.08. The first-order chi connectivity index (χ1) is 9.72. The topological polar surface area (TPSA) is 40.7 Å². The molecule has 0 bridgehead atoms. The molecule has 20 heavy (non-hydrogen) atoms. The first-order valence-electron chi connectivity index (χ1n) is 5.99. The Kier molecular flexibility index (Phi) is 4.10. The Morgan fingerprint density at radius 1 is 1.30 bits per heavy atom. The van der Waals surface area contributed by atoms with Gasteiger partial charge in [-0.2, -0.15) is 0 Å². The van der Waals surface area contributed by atoms with Crippen molar-refractivity contribution in [3.05, 3.63) is 56.5 Å². The standard InChI is InChI=1S/C14H11BrClN3S/c15-12-5-11(20-14(12)16)6-18-10-3-1-9(2-4-10)13-7-17-8-19-13/h1-5,7-8,18H,6H2,(H,17,19). The van der Waals surface area contributed by atoms with Gasteiger partial charge in [0.15, 0.2) is 0 Å². The van der Waals surface area contributed by atoms with Gasteiger partial charge in [0.05, 0.1) is 18.2 Å². The third kappa shape index (κ3) is 3.06. The lowest BCUT2D eigenvalue weighted by Gasteiger charge is -2.05. The minimum atomic E-state index is 0.763. The Hall–Kier alpha value is -1.30. The molecule has 0 amide bonds. The zero-order valence-electron chi connectivity index (χ0n) is 10.4. The van der Waals surface area contributed by atoms with Crippen LogP contribution in [0.1, 0.15) is 4.88 Å². The van der Waals surface area contributed by atoms with Gasteiger partial charge in [-0.05, 0) is 39.7 Å². The third-order valence-electron chi connectivity index (χ3n) is 2.86. The van der Waals surface area contributed by atoms with E-state index in [9.17, 15) is 0 Å². The van der Waals surface area contributed by atoms with E-state index < -0.39 is 0 Å². The van der Waals surface area contributed by atoms with E-state index in [0.717, 1.165) is 32.3 Å². The van der Waals surface area contributed by atoms with Crippen LogP contribution in [0.2, 0.25) is 4.34 Å². The molecule has 0 unspecified atom stereocenters. The molecule has 3 aromatic rings. The molecule has 0 radical (unpaired) electrons. The number of aromatic amines is 1. The average molecular weight is 369 g/mol. The predicted octanol–water partition coefficient (Wildman–Crippen LogP) is 5.17. The summed E-state index contributed by atoms with van der Waals surface area (Å²) in [5.74, 6) is 0. The van der Waals surface area contributed by atoms with Crippen molar-refractivity contribution in [3.8, 4) is 11.3 Å². The number of rotatable bonds is 4. The number of thiophene rings is 1. The lowest BCUT2D eigenvalue weighted by Crippen LogP contribution is -1.96. The van der Waals surface area contributed by atoms with Gasteiger partial charge >= 0.3 is 0 Å². The number of anilines is 1. The quantitative estimate of drug-likeness (QED) is 0.667. The normalized spacial score (nSPS) is 10.7. The molecule has 0 spiro atoms. The highest BCUT2D eigenvalue weighted by Crippen LogP contribution is 2.32. The maximum atomic E-state index is 6.02. The molecule has 0 aliphatic rings. The molecule has 0 aliphatic carbocycles. The summed E-state index contributed by atoms with van der Waals surface area (Å²) in [7, 11) is 0. The minimum Gasteiger partial charge on any atom is -0.380 e. The fourth-order valence-electron chi connectivity index (χ4n) is 1.85. The van der Waals surface area contributed by atoms with Gasteiger partial charge in [0.25, 0.3) is 0 Å². The van der Waals surface area contributed by atoms with Crippen molar-refractivity contribution >= 4 is 44.6 Å². The van der Waals surface area contributed by atoms with Crippen LogP contribution in [0.5, 0.6) is 0 Å². The number of nitrogens with one attached hydrogen (secondary N) is 2. The van der Waals surface area contributed by atoms with Crippen LogP contribution in [0, 0.1) is 0 Å². The van der Waals surface area contributed by atoms with E-state index in [1.54, 1.807) is 17.7 Å². The summed E-state index contributed by atoms with van der Waals surface area (Å²) in [4.78, 5) is 8.30. The van der Waals surface area contributed by atoms with E-state index in [-0.39, 0.29) is 0 Å². The highest BCUT2D eigenvalue weighted by atomic mass is 79.9. The largest absolute Gasteiger partial charge is 0.380 e. The summed E-state index contributed by atoms with van der Waals surface area (Å²) >= 11 is 11.0. The maximum Gasteiger partial charge on any atom is 0.107 e. The van der Waals surface area contributed by atoms with Crippen LogP contribution in [0.4, 0.5) is 5.69 Å². The summed E-state index contributed by atoms with van der Waals surface area (Å²) in [5.41, 5.74) is 3.22. The van der Waals surface area contributed by atoms with Crippen LogP contribution >= 0.6 is 38.9 Å². The highest BCUT2D eigenvalue weighted by Gasteiger charge is 2.04. The second-order valence-electron chi connectivity index (χ2n) is 4.23. The Labute approximate surface area is 134 Å². The number of aromatic nitrogens is 2. The van der Waals surface area contributed by atoms with Crippen molar-refractivity contribution < 1.29 is 0 Å². The van der Waals surface area contributed by atoms with Crippen LogP contribution in [-0.4, -0.2) is 9.97 Å². The van der Waals surface area contributed by atoms with Crippen molar-refractivity contribution in [3.63, 3.8) is 0 Å². The van der Waals surface area contributed by atoms with E-state index in [1.807, 2.05) is 12.3 Å². The molecule has 0 saturated heterocycles. The van der Waals surface area contributed by atoms with Crippen LogP contribution in [0.25, 0.3) is 11.3 Å². The Bertz CT molecular complexity index is 672. The highest BCUT2D eigenvalue weighted by molar-refractivity contribution is 9.10. The number of H-pyrrole nitrogens is 1. The number of hydrogen-bond donors (Lipinski definition) is 2. The second-order valence-corrected chi connectivity index (χ2v) is 6.82. The Morgan fingerprint density at radius 2 is 2.10 bits per heavy atom. The fraction of sp³-hybridized carbons (Fsp3) is 0.0714. The molecule has 2 heterocycles. The molecule has 102 valence electrons. The molecule has 3 rings (SSSR count). The van der Waals surface area contributed by atoms with Crippen LogP contribution in [-0.2, 0) is 6.54 Å². The van der Waals surface area contributed by atoms with Gasteiger partial charge in [-0.15, -0.1) is 11.3 Å². The molecule has 6 heteroatoms. The second kappa shape index (κ2) is 5.99. The van der Waals surface area contributed by atoms with Crippen molar-refractivity contribution in [2.45, 2.75) is 6.54 Å². The molecular weight excluding hydrogens is 358 g/mol. The Balaban J connectivity index is 1.66. The Morgan fingerprint density at radius 3 is 2.70 bits per heavy atom. The van der Waals surface area contributed by atoms with Crippen molar-refractivity contribution in [1.82, 2.24) is 9.97 Å². The fourth-order valence-corrected chi connectivity index (χ4v) is 3.58. The number of hydrogen-bond acceptors (Lipinski definition) is 3. The first kappa shape index (κ1) is 13.7. The van der Waals surface area contributed by atoms with E-state index >= 15 is 0 Å². The van der Waals surface area contributed by atoms with E-state index in [0.29, 0.717) is 0 Å². The van der Waals surface area contributed by atoms with Crippen molar-refractivity contribution in [2.24, 2.45) is 0 Å². The zero-order valence-corrected chi connectivity index (χ0v) is 13.5. The summed E-state index contributed by atoms with van der Waals surface area (Å²) < 4.78 is 1.74. The molecule has 2 N–H and O–H groups in total. The molecule has 0 saturated carbocycles. The molecular formula is C14H11BrClN3S. The molecule has 0 fully saturated rings. The number of halogens is 2. The first-order valence-corrected chi connectivity index (χ1v) is 7.97. The van der Waals surface area contributed by atoms with Crippen molar-refractivity contribution in [2.75, 3.05) is 5.32 Å². The maximum absolute atomic E-state index is 6.02. The van der Waals surface area contributed by atoms with Gasteiger partial charge in [0.2, 0.25) is 0 Å². The van der Waals surface area contributed by atoms with Gasteiger partial charge in [-0.25, -0.2) is 4.98 Å². The van der Waals surface area contributed by atoms with Gasteiger partial charge < -0.3 is 10.3 Å². The predicted molar refractivity (Wildman–Crippen MR) is 88.4 cm³/mol. The van der Waals surface area contributed by atoms with Gasteiger partial charge in [-0.3, -0.25) is 0 Å². The molecule has 0 atom stereocenters. The molecule has 2 aromatic heterocycles. The third-order valence-corrected chi connectivity index (χ3v) is 5.33. The SMILES string of the molecule is Clc1sc(CNc2ccc(-c3cnc[nH]3)cc2)cc1Br. The van der Waals surface area contributed by atoms with Crippen LogP contribution in [0.15, 0.2) is 47.3 Å². The lowest BCUT2D eigenvalue weighted by atomic mass is 10.1.